The second-order valence-corrected chi connectivity index (χ2v) is 8.90. The summed E-state index contributed by atoms with van der Waals surface area (Å²) in [4.78, 5) is 4.39. The molecule has 0 atom stereocenters. The van der Waals surface area contributed by atoms with Gasteiger partial charge in [0.2, 0.25) is 10.0 Å². The van der Waals surface area contributed by atoms with Gasteiger partial charge < -0.3 is 4.74 Å². The van der Waals surface area contributed by atoms with Crippen LogP contribution in [0.3, 0.4) is 0 Å². The third-order valence-corrected chi connectivity index (χ3v) is 6.77. The van der Waals surface area contributed by atoms with Crippen LogP contribution < -0.4 is 4.74 Å². The third kappa shape index (κ3) is 4.15. The highest BCUT2D eigenvalue weighted by Gasteiger charge is 2.29. The highest BCUT2D eigenvalue weighted by Crippen LogP contribution is 2.27. The van der Waals surface area contributed by atoms with Gasteiger partial charge in [0.05, 0.1) is 5.75 Å². The van der Waals surface area contributed by atoms with Crippen LogP contribution in [0, 0.1) is 5.82 Å². The van der Waals surface area contributed by atoms with Gasteiger partial charge in [-0.05, 0) is 42.7 Å². The van der Waals surface area contributed by atoms with Gasteiger partial charge >= 0.3 is 0 Å². The molecule has 2 aromatic carbocycles. The molecule has 2 heterocycles. The molecule has 0 aliphatic carbocycles. The molecular formula is C21H21FN2O3S. The summed E-state index contributed by atoms with van der Waals surface area (Å²) in [5, 5.41) is 1.01. The van der Waals surface area contributed by atoms with Crippen molar-refractivity contribution in [1.82, 2.24) is 9.29 Å². The van der Waals surface area contributed by atoms with Gasteiger partial charge in [-0.25, -0.2) is 17.1 Å². The first-order valence-corrected chi connectivity index (χ1v) is 10.8. The molecule has 0 radical (unpaired) electrons. The zero-order valence-corrected chi connectivity index (χ0v) is 16.1. The minimum atomic E-state index is -3.49. The SMILES string of the molecule is O=S(=O)(Cc1cccc(F)c1)N1CCC(Oc2cccc3cccnc23)CC1. The molecule has 0 spiro atoms. The van der Waals surface area contributed by atoms with Crippen LogP contribution in [0.15, 0.2) is 60.8 Å². The van der Waals surface area contributed by atoms with Gasteiger partial charge in [-0.15, -0.1) is 0 Å². The molecule has 4 rings (SSSR count). The van der Waals surface area contributed by atoms with Gasteiger partial charge in [-0.1, -0.05) is 30.3 Å². The molecule has 0 amide bonds. The van der Waals surface area contributed by atoms with E-state index in [1.807, 2.05) is 30.3 Å². The maximum Gasteiger partial charge on any atom is 0.218 e. The molecule has 1 saturated heterocycles. The number of piperidine rings is 1. The zero-order valence-electron chi connectivity index (χ0n) is 15.3. The Morgan fingerprint density at radius 2 is 1.82 bits per heavy atom. The predicted molar refractivity (Wildman–Crippen MR) is 106 cm³/mol. The number of aromatic nitrogens is 1. The fraction of sp³-hybridized carbons (Fsp3) is 0.286. The first-order chi connectivity index (χ1) is 13.5. The molecule has 28 heavy (non-hydrogen) atoms. The molecule has 0 N–H and O–H groups in total. The summed E-state index contributed by atoms with van der Waals surface area (Å²) in [6.45, 7) is 0.779. The number of sulfonamides is 1. The predicted octanol–water partition coefficient (Wildman–Crippen LogP) is 3.75. The van der Waals surface area contributed by atoms with E-state index < -0.39 is 15.8 Å². The van der Waals surface area contributed by atoms with Gasteiger partial charge in [-0.2, -0.15) is 0 Å². The van der Waals surface area contributed by atoms with E-state index in [2.05, 4.69) is 4.98 Å². The fourth-order valence-electron chi connectivity index (χ4n) is 3.51. The quantitative estimate of drug-likeness (QED) is 0.655. The number of hydrogen-bond acceptors (Lipinski definition) is 4. The minimum Gasteiger partial charge on any atom is -0.488 e. The first kappa shape index (κ1) is 18.8. The lowest BCUT2D eigenvalue weighted by Crippen LogP contribution is -2.42. The molecule has 1 aliphatic heterocycles. The number of halogens is 1. The maximum atomic E-state index is 13.3. The molecule has 0 bridgehead atoms. The number of nitrogens with zero attached hydrogens (tertiary/aromatic N) is 2. The lowest BCUT2D eigenvalue weighted by atomic mass is 10.1. The summed E-state index contributed by atoms with van der Waals surface area (Å²) in [6.07, 6.45) is 2.88. The van der Waals surface area contributed by atoms with Crippen molar-refractivity contribution in [2.24, 2.45) is 0 Å². The van der Waals surface area contributed by atoms with Crippen molar-refractivity contribution in [3.63, 3.8) is 0 Å². The van der Waals surface area contributed by atoms with Crippen LogP contribution in [-0.2, 0) is 15.8 Å². The van der Waals surface area contributed by atoms with E-state index in [1.54, 1.807) is 12.3 Å². The van der Waals surface area contributed by atoms with E-state index in [9.17, 15) is 12.8 Å². The second-order valence-electron chi connectivity index (χ2n) is 6.93. The molecule has 1 aromatic heterocycles. The molecule has 0 saturated carbocycles. The van der Waals surface area contributed by atoms with Gasteiger partial charge in [0, 0.05) is 24.7 Å². The van der Waals surface area contributed by atoms with Crippen molar-refractivity contribution in [3.05, 3.63) is 72.2 Å². The molecule has 1 fully saturated rings. The lowest BCUT2D eigenvalue weighted by Gasteiger charge is -2.31. The molecular weight excluding hydrogens is 379 g/mol. The summed E-state index contributed by atoms with van der Waals surface area (Å²) in [6, 6.07) is 15.4. The topological polar surface area (TPSA) is 59.5 Å². The number of benzene rings is 2. The molecule has 1 aliphatic rings. The Morgan fingerprint density at radius 1 is 1.07 bits per heavy atom. The zero-order chi connectivity index (χ0) is 19.6. The summed E-state index contributed by atoms with van der Waals surface area (Å²) < 4.78 is 46.2. The number of hydrogen-bond donors (Lipinski definition) is 0. The van der Waals surface area contributed by atoms with Crippen LogP contribution in [0.1, 0.15) is 18.4 Å². The van der Waals surface area contributed by atoms with Crippen molar-refractivity contribution >= 4 is 20.9 Å². The number of rotatable bonds is 5. The molecule has 5 nitrogen and oxygen atoms in total. The number of ether oxygens (including phenoxy) is 1. The van der Waals surface area contributed by atoms with E-state index in [-0.39, 0.29) is 11.9 Å². The number of pyridine rings is 1. The highest BCUT2D eigenvalue weighted by molar-refractivity contribution is 7.88. The second kappa shape index (κ2) is 7.85. The van der Waals surface area contributed by atoms with E-state index in [1.165, 1.54) is 22.5 Å². The van der Waals surface area contributed by atoms with E-state index in [4.69, 9.17) is 4.74 Å². The highest BCUT2D eigenvalue weighted by atomic mass is 32.2. The van der Waals surface area contributed by atoms with Crippen molar-refractivity contribution in [1.29, 1.82) is 0 Å². The van der Waals surface area contributed by atoms with Crippen molar-refractivity contribution < 1.29 is 17.5 Å². The van der Waals surface area contributed by atoms with E-state index in [0.717, 1.165) is 16.7 Å². The Labute approximate surface area is 163 Å². The summed E-state index contributed by atoms with van der Waals surface area (Å²) in [5.41, 5.74) is 1.27. The van der Waals surface area contributed by atoms with Gasteiger partial charge in [0.15, 0.2) is 0 Å². The van der Waals surface area contributed by atoms with Gasteiger partial charge in [-0.3, -0.25) is 4.98 Å². The smallest absolute Gasteiger partial charge is 0.218 e. The minimum absolute atomic E-state index is 0.0618. The summed E-state index contributed by atoms with van der Waals surface area (Å²) >= 11 is 0. The fourth-order valence-corrected chi connectivity index (χ4v) is 5.06. The first-order valence-electron chi connectivity index (χ1n) is 9.24. The van der Waals surface area contributed by atoms with Crippen LogP contribution >= 0.6 is 0 Å². The average Bonchev–Trinajstić information content (AvgIpc) is 2.68. The van der Waals surface area contributed by atoms with Crippen LogP contribution in [0.2, 0.25) is 0 Å². The Bertz CT molecular complexity index is 1070. The van der Waals surface area contributed by atoms with Crippen LogP contribution in [-0.4, -0.2) is 36.9 Å². The van der Waals surface area contributed by atoms with Crippen molar-refractivity contribution in [2.45, 2.75) is 24.7 Å². The lowest BCUT2D eigenvalue weighted by molar-refractivity contribution is 0.136. The number of fused-ring (bicyclic) bond motifs is 1. The molecule has 7 heteroatoms. The monoisotopic (exact) mass is 400 g/mol. The Hall–Kier alpha value is -2.51. The van der Waals surface area contributed by atoms with Crippen LogP contribution in [0.5, 0.6) is 5.75 Å². The maximum absolute atomic E-state index is 13.3. The Morgan fingerprint density at radius 3 is 2.61 bits per heavy atom. The summed E-state index contributed by atoms with van der Waals surface area (Å²) in [5.74, 6) is 0.103. The molecule has 146 valence electrons. The van der Waals surface area contributed by atoms with E-state index in [0.29, 0.717) is 31.5 Å². The standard InChI is InChI=1S/C21H21FN2O3S/c22-18-7-1-4-16(14-18)15-28(25,26)24-12-9-19(10-13-24)27-20-8-2-5-17-6-3-11-23-21(17)20/h1-8,11,14,19H,9-10,12-13,15H2. The normalized spacial score (nSPS) is 16.3. The Balaban J connectivity index is 1.40. The Kier molecular flexibility index (Phi) is 5.28. The average molecular weight is 400 g/mol. The van der Waals surface area contributed by atoms with E-state index >= 15 is 0 Å². The van der Waals surface area contributed by atoms with Crippen LogP contribution in [0.25, 0.3) is 10.9 Å². The van der Waals surface area contributed by atoms with Crippen molar-refractivity contribution in [2.75, 3.05) is 13.1 Å². The van der Waals surface area contributed by atoms with Crippen molar-refractivity contribution in [3.8, 4) is 5.75 Å². The molecule has 0 unspecified atom stereocenters. The molecule has 3 aromatic rings. The third-order valence-electron chi connectivity index (χ3n) is 4.92. The largest absolute Gasteiger partial charge is 0.488 e. The van der Waals surface area contributed by atoms with Gasteiger partial charge in [0.25, 0.3) is 0 Å². The van der Waals surface area contributed by atoms with Crippen LogP contribution in [0.4, 0.5) is 4.39 Å². The summed E-state index contributed by atoms with van der Waals surface area (Å²) in [7, 11) is -3.49. The van der Waals surface area contributed by atoms with Gasteiger partial charge in [0.1, 0.15) is 23.2 Å². The number of para-hydroxylation sites is 1.